The number of carbonyl (C=O) groups is 1. The predicted octanol–water partition coefficient (Wildman–Crippen LogP) is 3.67. The van der Waals surface area contributed by atoms with Crippen molar-refractivity contribution in [2.24, 2.45) is 17.8 Å². The summed E-state index contributed by atoms with van der Waals surface area (Å²) in [6.07, 6.45) is 11.8. The molecule has 4 rings (SSSR count). The Morgan fingerprint density at radius 3 is 2.79 bits per heavy atom. The van der Waals surface area contributed by atoms with Gasteiger partial charge in [-0.15, -0.1) is 11.6 Å². The number of amides is 1. The Labute approximate surface area is 178 Å². The molecule has 3 aliphatic rings. The van der Waals surface area contributed by atoms with Gasteiger partial charge in [0.2, 0.25) is 5.91 Å². The van der Waals surface area contributed by atoms with E-state index in [1.807, 2.05) is 12.5 Å². The SMILES string of the molecule is CCC(NC(=O)C1CC(Cn2ccnc2)CC(C2CCC(F)CC2Cl)N1)C1CC1. The summed E-state index contributed by atoms with van der Waals surface area (Å²) in [5, 5.41) is 6.76. The van der Waals surface area contributed by atoms with Gasteiger partial charge in [0.05, 0.1) is 12.4 Å². The zero-order valence-electron chi connectivity index (χ0n) is 17.3. The summed E-state index contributed by atoms with van der Waals surface area (Å²) >= 11 is 6.59. The number of hydrogen-bond donors (Lipinski definition) is 2. The molecule has 2 saturated carbocycles. The van der Waals surface area contributed by atoms with Gasteiger partial charge in [-0.25, -0.2) is 9.37 Å². The van der Waals surface area contributed by atoms with Crippen molar-refractivity contribution in [3.8, 4) is 0 Å². The van der Waals surface area contributed by atoms with E-state index in [-0.39, 0.29) is 29.3 Å². The number of piperidine rings is 1. The molecule has 1 aromatic rings. The van der Waals surface area contributed by atoms with Crippen LogP contribution in [0.4, 0.5) is 4.39 Å². The Morgan fingerprint density at radius 2 is 2.14 bits per heavy atom. The van der Waals surface area contributed by atoms with Gasteiger partial charge in [-0.05, 0) is 69.1 Å². The van der Waals surface area contributed by atoms with Crippen molar-refractivity contribution >= 4 is 17.5 Å². The second kappa shape index (κ2) is 9.34. The zero-order valence-corrected chi connectivity index (χ0v) is 18.0. The molecule has 7 heteroatoms. The maximum Gasteiger partial charge on any atom is 0.237 e. The monoisotopic (exact) mass is 424 g/mol. The van der Waals surface area contributed by atoms with E-state index >= 15 is 0 Å². The number of nitrogens with zero attached hydrogens (tertiary/aromatic N) is 2. The molecule has 1 saturated heterocycles. The van der Waals surface area contributed by atoms with E-state index < -0.39 is 6.17 Å². The molecule has 7 unspecified atom stereocenters. The van der Waals surface area contributed by atoms with Gasteiger partial charge in [0.1, 0.15) is 6.17 Å². The first-order valence-electron chi connectivity index (χ1n) is 11.3. The van der Waals surface area contributed by atoms with E-state index in [4.69, 9.17) is 11.6 Å². The molecule has 0 bridgehead atoms. The number of nitrogens with one attached hydrogen (secondary N) is 2. The van der Waals surface area contributed by atoms with Crippen LogP contribution in [0, 0.1) is 17.8 Å². The first-order valence-corrected chi connectivity index (χ1v) is 11.8. The summed E-state index contributed by atoms with van der Waals surface area (Å²) in [6, 6.07) is 0.241. The topological polar surface area (TPSA) is 59.0 Å². The van der Waals surface area contributed by atoms with Crippen LogP contribution in [0.1, 0.15) is 58.3 Å². The standard InChI is InChI=1S/C22H34ClFN4O/c1-2-19(15-3-4-15)27-22(29)21-10-14(12-28-8-7-25-13-28)9-20(26-21)17-6-5-16(24)11-18(17)23/h7-8,13-21,26H,2-6,9-12H2,1H3,(H,27,29). The van der Waals surface area contributed by atoms with Crippen LogP contribution < -0.4 is 10.6 Å². The maximum absolute atomic E-state index is 13.8. The minimum atomic E-state index is -0.790. The van der Waals surface area contributed by atoms with E-state index in [0.717, 1.165) is 32.2 Å². The third-order valence-electron chi connectivity index (χ3n) is 7.15. The average molecular weight is 425 g/mol. The van der Waals surface area contributed by atoms with Gasteiger partial charge in [-0.1, -0.05) is 6.92 Å². The van der Waals surface area contributed by atoms with E-state index in [0.29, 0.717) is 30.7 Å². The molecule has 162 valence electrons. The molecule has 1 amide bonds. The van der Waals surface area contributed by atoms with E-state index in [9.17, 15) is 9.18 Å². The van der Waals surface area contributed by atoms with Crippen molar-refractivity contribution < 1.29 is 9.18 Å². The highest BCUT2D eigenvalue weighted by atomic mass is 35.5. The number of carbonyl (C=O) groups excluding carboxylic acids is 1. The number of alkyl halides is 2. The van der Waals surface area contributed by atoms with Gasteiger partial charge in [-0.3, -0.25) is 4.79 Å². The lowest BCUT2D eigenvalue weighted by Crippen LogP contribution is -2.58. The Hall–Kier alpha value is -1.14. The average Bonchev–Trinajstić information content (AvgIpc) is 3.42. The summed E-state index contributed by atoms with van der Waals surface area (Å²) in [6.45, 7) is 3.00. The molecule has 1 aromatic heterocycles. The lowest BCUT2D eigenvalue weighted by atomic mass is 9.75. The van der Waals surface area contributed by atoms with Crippen molar-refractivity contribution in [2.75, 3.05) is 0 Å². The Balaban J connectivity index is 1.45. The molecule has 1 aliphatic heterocycles. The molecule has 0 spiro atoms. The summed E-state index contributed by atoms with van der Waals surface area (Å²) in [5.74, 6) is 1.36. The van der Waals surface area contributed by atoms with Gasteiger partial charge in [0, 0.05) is 36.4 Å². The molecule has 0 radical (unpaired) electrons. The van der Waals surface area contributed by atoms with Gasteiger partial charge >= 0.3 is 0 Å². The van der Waals surface area contributed by atoms with Gasteiger partial charge in [0.25, 0.3) is 0 Å². The van der Waals surface area contributed by atoms with Crippen molar-refractivity contribution in [2.45, 2.75) is 94.5 Å². The largest absolute Gasteiger partial charge is 0.352 e. The highest BCUT2D eigenvalue weighted by Gasteiger charge is 2.41. The Morgan fingerprint density at radius 1 is 1.31 bits per heavy atom. The van der Waals surface area contributed by atoms with Gasteiger partial charge < -0.3 is 15.2 Å². The first-order chi connectivity index (χ1) is 14.0. The van der Waals surface area contributed by atoms with Crippen LogP contribution in [0.5, 0.6) is 0 Å². The third-order valence-corrected chi connectivity index (χ3v) is 7.65. The van der Waals surface area contributed by atoms with Crippen LogP contribution in [-0.4, -0.2) is 45.1 Å². The van der Waals surface area contributed by atoms with Crippen LogP contribution in [0.25, 0.3) is 0 Å². The summed E-state index contributed by atoms with van der Waals surface area (Å²) in [4.78, 5) is 17.3. The van der Waals surface area contributed by atoms with Crippen LogP contribution in [0.15, 0.2) is 18.7 Å². The fourth-order valence-electron chi connectivity index (χ4n) is 5.39. The summed E-state index contributed by atoms with van der Waals surface area (Å²) in [7, 11) is 0. The van der Waals surface area contributed by atoms with E-state index in [1.165, 1.54) is 12.8 Å². The lowest BCUT2D eigenvalue weighted by Gasteiger charge is -2.43. The smallest absolute Gasteiger partial charge is 0.237 e. The van der Waals surface area contributed by atoms with Crippen molar-refractivity contribution in [1.82, 2.24) is 20.2 Å². The fourth-order valence-corrected chi connectivity index (χ4v) is 5.88. The van der Waals surface area contributed by atoms with E-state index in [1.54, 1.807) is 6.20 Å². The van der Waals surface area contributed by atoms with Crippen LogP contribution in [0.2, 0.25) is 0 Å². The fraction of sp³-hybridized carbons (Fsp3) is 0.818. The molecular formula is C22H34ClFN4O. The number of rotatable bonds is 7. The predicted molar refractivity (Wildman–Crippen MR) is 112 cm³/mol. The Bertz CT molecular complexity index is 668. The van der Waals surface area contributed by atoms with Crippen LogP contribution in [-0.2, 0) is 11.3 Å². The van der Waals surface area contributed by atoms with Crippen LogP contribution in [0.3, 0.4) is 0 Å². The zero-order chi connectivity index (χ0) is 20.4. The Kier molecular flexibility index (Phi) is 6.80. The van der Waals surface area contributed by atoms with Gasteiger partial charge in [0.15, 0.2) is 0 Å². The molecule has 0 aromatic carbocycles. The molecular weight excluding hydrogens is 391 g/mol. The minimum absolute atomic E-state index is 0.120. The molecule has 2 aliphatic carbocycles. The van der Waals surface area contributed by atoms with Crippen molar-refractivity contribution in [3.05, 3.63) is 18.7 Å². The molecule has 7 atom stereocenters. The molecule has 5 nitrogen and oxygen atoms in total. The molecule has 3 fully saturated rings. The maximum atomic E-state index is 13.8. The normalized spacial score (nSPS) is 36.5. The number of imidazole rings is 1. The minimum Gasteiger partial charge on any atom is -0.352 e. The summed E-state index contributed by atoms with van der Waals surface area (Å²) < 4.78 is 15.9. The van der Waals surface area contributed by atoms with Crippen LogP contribution >= 0.6 is 11.6 Å². The highest BCUT2D eigenvalue weighted by molar-refractivity contribution is 6.20. The molecule has 29 heavy (non-hydrogen) atoms. The molecule has 2 heterocycles. The number of halogens is 2. The van der Waals surface area contributed by atoms with Crippen molar-refractivity contribution in [3.63, 3.8) is 0 Å². The lowest BCUT2D eigenvalue weighted by molar-refractivity contribution is -0.125. The summed E-state index contributed by atoms with van der Waals surface area (Å²) in [5.41, 5.74) is 0. The number of hydrogen-bond acceptors (Lipinski definition) is 3. The third kappa shape index (κ3) is 5.32. The number of aromatic nitrogens is 2. The van der Waals surface area contributed by atoms with Gasteiger partial charge in [-0.2, -0.15) is 0 Å². The highest BCUT2D eigenvalue weighted by Crippen LogP contribution is 2.38. The quantitative estimate of drug-likeness (QED) is 0.656. The second-order valence-corrected chi connectivity index (χ2v) is 9.93. The van der Waals surface area contributed by atoms with Crippen molar-refractivity contribution in [1.29, 1.82) is 0 Å². The molecule has 2 N–H and O–H groups in total. The van der Waals surface area contributed by atoms with E-state index in [2.05, 4.69) is 27.1 Å². The second-order valence-electron chi connectivity index (χ2n) is 9.37. The first kappa shape index (κ1) is 21.1.